The van der Waals surface area contributed by atoms with Crippen LogP contribution in [-0.4, -0.2) is 21.0 Å². The molecule has 1 heterocycles. The summed E-state index contributed by atoms with van der Waals surface area (Å²) in [6.45, 7) is 0. The highest BCUT2D eigenvalue weighted by Crippen LogP contribution is 2.23. The van der Waals surface area contributed by atoms with Gasteiger partial charge in [-0.05, 0) is 53.6 Å². The zero-order valence-corrected chi connectivity index (χ0v) is 11.6. The maximum absolute atomic E-state index is 5.76. The van der Waals surface area contributed by atoms with Crippen LogP contribution in [0, 0.1) is 0 Å². The molecule has 1 aliphatic rings. The lowest BCUT2D eigenvalue weighted by Crippen LogP contribution is -2.28. The molecule has 0 radical (unpaired) electrons. The monoisotopic (exact) mass is 294 g/mol. The molecule has 2 aromatic rings. The summed E-state index contributed by atoms with van der Waals surface area (Å²) in [5, 5.41) is 3.49. The molecule has 1 N–H and O–H groups in total. The van der Waals surface area contributed by atoms with Gasteiger partial charge < -0.3 is 5.32 Å². The minimum absolute atomic E-state index is 0.110. The lowest BCUT2D eigenvalue weighted by atomic mass is 9.88. The smallest absolute Gasteiger partial charge is 0.228 e. The number of rotatable bonds is 2. The lowest BCUT2D eigenvalue weighted by Gasteiger charge is -2.25. The predicted molar refractivity (Wildman–Crippen MR) is 75.7 cm³/mol. The number of aryl methyl sites for hydroxylation is 1. The highest BCUT2D eigenvalue weighted by molar-refractivity contribution is 6.31. The van der Waals surface area contributed by atoms with Crippen LogP contribution in [0.25, 0.3) is 0 Å². The number of nitrogens with zero attached hydrogens (tertiary/aromatic N) is 3. The molecule has 4 nitrogen and oxygen atoms in total. The van der Waals surface area contributed by atoms with Gasteiger partial charge in [0.2, 0.25) is 16.5 Å². The number of benzene rings is 1. The van der Waals surface area contributed by atoms with E-state index in [4.69, 9.17) is 23.2 Å². The van der Waals surface area contributed by atoms with Crippen LogP contribution in [0.4, 0.5) is 5.95 Å². The van der Waals surface area contributed by atoms with E-state index >= 15 is 0 Å². The standard InChI is InChI=1S/C13H12Cl2N4/c14-11-17-12(15)19-13(18-11)16-10-6-5-8-3-1-2-4-9(8)7-10/h1-4,10H,5-7H2,(H,16,17,18,19). The molecule has 0 fully saturated rings. The van der Waals surface area contributed by atoms with Crippen molar-refractivity contribution in [1.29, 1.82) is 0 Å². The van der Waals surface area contributed by atoms with Crippen LogP contribution in [0.15, 0.2) is 24.3 Å². The van der Waals surface area contributed by atoms with Gasteiger partial charge in [0.1, 0.15) is 0 Å². The average molecular weight is 295 g/mol. The van der Waals surface area contributed by atoms with E-state index < -0.39 is 0 Å². The summed E-state index contributed by atoms with van der Waals surface area (Å²) in [7, 11) is 0. The van der Waals surface area contributed by atoms with Gasteiger partial charge in [0.05, 0.1) is 0 Å². The first-order valence-corrected chi connectivity index (χ1v) is 6.87. The van der Waals surface area contributed by atoms with Crippen LogP contribution in [0.1, 0.15) is 17.5 Å². The fourth-order valence-corrected chi connectivity index (χ4v) is 2.76. The maximum atomic E-state index is 5.76. The third-order valence-corrected chi connectivity index (χ3v) is 3.60. The number of hydrogen-bond acceptors (Lipinski definition) is 4. The fraction of sp³-hybridized carbons (Fsp3) is 0.308. The molecule has 1 unspecified atom stereocenters. The predicted octanol–water partition coefficient (Wildman–Crippen LogP) is 3.15. The van der Waals surface area contributed by atoms with Gasteiger partial charge in [-0.1, -0.05) is 24.3 Å². The molecule has 0 saturated carbocycles. The van der Waals surface area contributed by atoms with E-state index in [9.17, 15) is 0 Å². The van der Waals surface area contributed by atoms with E-state index in [1.807, 2.05) is 0 Å². The summed E-state index contributed by atoms with van der Waals surface area (Å²) in [4.78, 5) is 11.8. The van der Waals surface area contributed by atoms with Gasteiger partial charge in [-0.15, -0.1) is 0 Å². The molecule has 1 aromatic carbocycles. The molecule has 98 valence electrons. The van der Waals surface area contributed by atoms with E-state index in [1.165, 1.54) is 11.1 Å². The quantitative estimate of drug-likeness (QED) is 0.924. The van der Waals surface area contributed by atoms with E-state index in [0.29, 0.717) is 12.0 Å². The van der Waals surface area contributed by atoms with Crippen LogP contribution in [0.3, 0.4) is 0 Å². The summed E-state index contributed by atoms with van der Waals surface area (Å²) in [5.41, 5.74) is 2.80. The van der Waals surface area contributed by atoms with Crippen LogP contribution in [0.2, 0.25) is 10.6 Å². The molecule has 1 atom stereocenters. The third kappa shape index (κ3) is 2.96. The summed E-state index contributed by atoms with van der Waals surface area (Å²) in [6.07, 6.45) is 3.05. The first kappa shape index (κ1) is 12.6. The Morgan fingerprint density at radius 3 is 2.42 bits per heavy atom. The Labute approximate surface area is 121 Å². The van der Waals surface area contributed by atoms with Crippen molar-refractivity contribution in [3.63, 3.8) is 0 Å². The van der Waals surface area contributed by atoms with Crippen molar-refractivity contribution >= 4 is 29.2 Å². The summed E-state index contributed by atoms with van der Waals surface area (Å²) in [5.74, 6) is 0.439. The van der Waals surface area contributed by atoms with Crippen molar-refractivity contribution in [2.75, 3.05) is 5.32 Å². The topological polar surface area (TPSA) is 50.7 Å². The first-order valence-electron chi connectivity index (χ1n) is 6.11. The van der Waals surface area contributed by atoms with Crippen LogP contribution in [0.5, 0.6) is 0 Å². The van der Waals surface area contributed by atoms with Gasteiger partial charge >= 0.3 is 0 Å². The fourth-order valence-electron chi connectivity index (χ4n) is 2.39. The molecule has 0 saturated heterocycles. The molecule has 3 rings (SSSR count). The second-order valence-electron chi connectivity index (χ2n) is 4.55. The summed E-state index contributed by atoms with van der Waals surface area (Å²) in [6, 6.07) is 8.79. The zero-order valence-electron chi connectivity index (χ0n) is 10.1. The van der Waals surface area contributed by atoms with Crippen molar-refractivity contribution in [2.24, 2.45) is 0 Å². The van der Waals surface area contributed by atoms with Gasteiger partial charge in [-0.3, -0.25) is 0 Å². The zero-order chi connectivity index (χ0) is 13.2. The largest absolute Gasteiger partial charge is 0.351 e. The summed E-state index contributed by atoms with van der Waals surface area (Å²) < 4.78 is 0. The molecule has 0 aliphatic heterocycles. The van der Waals surface area contributed by atoms with Gasteiger partial charge in [0.25, 0.3) is 0 Å². The Kier molecular flexibility index (Phi) is 3.53. The van der Waals surface area contributed by atoms with E-state index in [1.54, 1.807) is 0 Å². The van der Waals surface area contributed by atoms with Crippen LogP contribution in [-0.2, 0) is 12.8 Å². The molecule has 0 amide bonds. The van der Waals surface area contributed by atoms with Crippen molar-refractivity contribution < 1.29 is 0 Å². The first-order chi connectivity index (χ1) is 9.20. The molecular weight excluding hydrogens is 283 g/mol. The van der Waals surface area contributed by atoms with Gasteiger partial charge in [-0.25, -0.2) is 0 Å². The van der Waals surface area contributed by atoms with Crippen molar-refractivity contribution in [1.82, 2.24) is 15.0 Å². The minimum atomic E-state index is 0.110. The van der Waals surface area contributed by atoms with Crippen molar-refractivity contribution in [3.8, 4) is 0 Å². The van der Waals surface area contributed by atoms with Gasteiger partial charge in [-0.2, -0.15) is 15.0 Å². The summed E-state index contributed by atoms with van der Waals surface area (Å²) >= 11 is 11.5. The molecule has 1 aromatic heterocycles. The molecule has 19 heavy (non-hydrogen) atoms. The maximum Gasteiger partial charge on any atom is 0.228 e. The Hall–Kier alpha value is -1.39. The minimum Gasteiger partial charge on any atom is -0.351 e. The molecular formula is C13H12Cl2N4. The van der Waals surface area contributed by atoms with Crippen LogP contribution >= 0.6 is 23.2 Å². The third-order valence-electron chi connectivity index (χ3n) is 3.26. The number of fused-ring (bicyclic) bond motifs is 1. The SMILES string of the molecule is Clc1nc(Cl)nc(NC2CCc3ccccc3C2)n1. The highest BCUT2D eigenvalue weighted by Gasteiger charge is 2.19. The second kappa shape index (κ2) is 5.31. The number of anilines is 1. The highest BCUT2D eigenvalue weighted by atomic mass is 35.5. The van der Waals surface area contributed by atoms with Gasteiger partial charge in [0.15, 0.2) is 0 Å². The Morgan fingerprint density at radius 2 is 1.68 bits per heavy atom. The molecule has 0 bridgehead atoms. The molecule has 6 heteroatoms. The van der Waals surface area contributed by atoms with Gasteiger partial charge in [0, 0.05) is 6.04 Å². The van der Waals surface area contributed by atoms with Crippen LogP contribution < -0.4 is 5.32 Å². The Balaban J connectivity index is 1.75. The normalized spacial score (nSPS) is 17.9. The lowest BCUT2D eigenvalue weighted by molar-refractivity contribution is 0.605. The average Bonchev–Trinajstić information content (AvgIpc) is 2.37. The number of hydrogen-bond donors (Lipinski definition) is 1. The van der Waals surface area contributed by atoms with E-state index in [2.05, 4.69) is 44.5 Å². The number of halogens is 2. The Bertz CT molecular complexity index is 583. The van der Waals surface area contributed by atoms with E-state index in [0.717, 1.165) is 19.3 Å². The Morgan fingerprint density at radius 1 is 1.00 bits per heavy atom. The molecule has 0 spiro atoms. The second-order valence-corrected chi connectivity index (χ2v) is 5.23. The van der Waals surface area contributed by atoms with Crippen molar-refractivity contribution in [3.05, 3.63) is 46.0 Å². The molecule has 1 aliphatic carbocycles. The van der Waals surface area contributed by atoms with E-state index in [-0.39, 0.29) is 10.6 Å². The van der Waals surface area contributed by atoms with Crippen molar-refractivity contribution in [2.45, 2.75) is 25.3 Å². The number of aromatic nitrogens is 3. The number of nitrogens with one attached hydrogen (secondary N) is 1.